The van der Waals surface area contributed by atoms with Gasteiger partial charge in [-0.2, -0.15) is 4.98 Å². The van der Waals surface area contributed by atoms with Gasteiger partial charge in [-0.1, -0.05) is 35.1 Å². The number of nitrogens with zero attached hydrogens (tertiary/aromatic N) is 4. The monoisotopic (exact) mass is 530 g/mol. The first-order valence-electron chi connectivity index (χ1n) is 11.7. The van der Waals surface area contributed by atoms with E-state index in [0.29, 0.717) is 68.6 Å². The van der Waals surface area contributed by atoms with Crippen LogP contribution in [0.4, 0.5) is 0 Å². The maximum atomic E-state index is 13.5. The van der Waals surface area contributed by atoms with Gasteiger partial charge in [0, 0.05) is 11.6 Å². The molecule has 0 N–H and O–H groups in total. The van der Waals surface area contributed by atoms with Crippen molar-refractivity contribution in [1.29, 1.82) is 0 Å². The summed E-state index contributed by atoms with van der Waals surface area (Å²) in [6.07, 6.45) is 0. The second-order valence-corrected chi connectivity index (χ2v) is 9.33. The Hall–Kier alpha value is -4.51. The van der Waals surface area contributed by atoms with Gasteiger partial charge < -0.3 is 23.5 Å². The topological polar surface area (TPSA) is 111 Å². The Labute approximate surface area is 221 Å². The molecular formula is C27H22N4O6S. The lowest BCUT2D eigenvalue weighted by Gasteiger charge is -2.13. The highest BCUT2D eigenvalue weighted by atomic mass is 32.2. The third-order valence-electron chi connectivity index (χ3n) is 6.01. The number of methoxy groups -OCH3 is 2. The highest BCUT2D eigenvalue weighted by molar-refractivity contribution is 7.98. The Kier molecular flexibility index (Phi) is 6.34. The summed E-state index contributed by atoms with van der Waals surface area (Å²) < 4.78 is 28.7. The van der Waals surface area contributed by atoms with E-state index in [1.54, 1.807) is 43.1 Å². The van der Waals surface area contributed by atoms with Gasteiger partial charge in [0.25, 0.3) is 5.56 Å². The number of hydrogen-bond donors (Lipinski definition) is 0. The summed E-state index contributed by atoms with van der Waals surface area (Å²) in [7, 11) is 3.16. The first-order valence-corrected chi connectivity index (χ1v) is 12.7. The van der Waals surface area contributed by atoms with Crippen molar-refractivity contribution >= 4 is 22.7 Å². The highest BCUT2D eigenvalue weighted by Gasteiger charge is 2.18. The zero-order chi connectivity index (χ0) is 26.1. The van der Waals surface area contributed by atoms with Crippen LogP contribution in [0.1, 0.15) is 11.5 Å². The van der Waals surface area contributed by atoms with Crippen molar-refractivity contribution in [2.24, 2.45) is 0 Å². The summed E-state index contributed by atoms with van der Waals surface area (Å²) in [5.74, 6) is 3.70. The zero-order valence-corrected chi connectivity index (χ0v) is 21.4. The van der Waals surface area contributed by atoms with Crippen molar-refractivity contribution < 1.29 is 23.5 Å². The molecule has 0 atom stereocenters. The average Bonchev–Trinajstić information content (AvgIpc) is 3.63. The molecule has 3 heterocycles. The van der Waals surface area contributed by atoms with Crippen LogP contribution in [-0.2, 0) is 12.3 Å². The van der Waals surface area contributed by atoms with Crippen LogP contribution >= 0.6 is 11.8 Å². The molecule has 1 aliphatic rings. The molecule has 192 valence electrons. The van der Waals surface area contributed by atoms with E-state index in [-0.39, 0.29) is 12.4 Å². The summed E-state index contributed by atoms with van der Waals surface area (Å²) in [5, 5.41) is 5.20. The third kappa shape index (κ3) is 4.63. The molecule has 6 rings (SSSR count). The molecule has 1 aliphatic heterocycles. The molecule has 0 spiro atoms. The van der Waals surface area contributed by atoms with Crippen LogP contribution in [0.3, 0.4) is 0 Å². The van der Waals surface area contributed by atoms with Gasteiger partial charge in [-0.3, -0.25) is 9.36 Å². The molecule has 0 saturated heterocycles. The minimum absolute atomic E-state index is 0.134. The van der Waals surface area contributed by atoms with E-state index in [9.17, 15) is 4.79 Å². The molecule has 2 aromatic heterocycles. The van der Waals surface area contributed by atoms with Gasteiger partial charge in [0.1, 0.15) is 11.5 Å². The van der Waals surface area contributed by atoms with Crippen molar-refractivity contribution in [2.75, 3.05) is 21.0 Å². The molecule has 5 aromatic rings. The Balaban J connectivity index is 1.30. The Morgan fingerprint density at radius 2 is 1.74 bits per heavy atom. The van der Waals surface area contributed by atoms with Gasteiger partial charge in [-0.25, -0.2) is 4.98 Å². The van der Waals surface area contributed by atoms with E-state index in [2.05, 4.69) is 10.1 Å². The van der Waals surface area contributed by atoms with Gasteiger partial charge in [0.05, 0.1) is 37.4 Å². The maximum absolute atomic E-state index is 13.5. The summed E-state index contributed by atoms with van der Waals surface area (Å²) in [6.45, 7) is 0.500. The quantitative estimate of drug-likeness (QED) is 0.210. The lowest BCUT2D eigenvalue weighted by Crippen LogP contribution is -2.24. The lowest BCUT2D eigenvalue weighted by molar-refractivity contribution is 0.174. The van der Waals surface area contributed by atoms with Crippen LogP contribution in [0.2, 0.25) is 0 Å². The van der Waals surface area contributed by atoms with Crippen molar-refractivity contribution in [3.63, 3.8) is 0 Å². The molecule has 11 heteroatoms. The molecule has 0 radical (unpaired) electrons. The first kappa shape index (κ1) is 23.9. The minimum atomic E-state index is -0.134. The van der Waals surface area contributed by atoms with Crippen molar-refractivity contribution in [1.82, 2.24) is 19.7 Å². The van der Waals surface area contributed by atoms with Gasteiger partial charge in [0.2, 0.25) is 18.5 Å². The Morgan fingerprint density at radius 3 is 2.55 bits per heavy atom. The molecule has 0 unspecified atom stereocenters. The van der Waals surface area contributed by atoms with Gasteiger partial charge in [-0.15, -0.1) is 0 Å². The van der Waals surface area contributed by atoms with E-state index in [1.165, 1.54) is 11.8 Å². The summed E-state index contributed by atoms with van der Waals surface area (Å²) in [5.41, 5.74) is 2.08. The second kappa shape index (κ2) is 10.1. The fourth-order valence-electron chi connectivity index (χ4n) is 4.11. The van der Waals surface area contributed by atoms with E-state index in [0.717, 1.165) is 5.56 Å². The summed E-state index contributed by atoms with van der Waals surface area (Å²) in [4.78, 5) is 22.8. The molecular weight excluding hydrogens is 508 g/mol. The predicted octanol–water partition coefficient (Wildman–Crippen LogP) is 4.53. The molecule has 0 amide bonds. The molecule has 10 nitrogen and oxygen atoms in total. The first-order chi connectivity index (χ1) is 18.6. The Bertz CT molecular complexity index is 1680. The normalized spacial score (nSPS) is 12.2. The largest absolute Gasteiger partial charge is 0.497 e. The number of hydrogen-bond acceptors (Lipinski definition) is 10. The zero-order valence-electron chi connectivity index (χ0n) is 20.5. The maximum Gasteiger partial charge on any atom is 0.262 e. The van der Waals surface area contributed by atoms with Crippen molar-refractivity contribution in [3.05, 3.63) is 82.5 Å². The fraction of sp³-hybridized carbons (Fsp3) is 0.185. The second-order valence-electron chi connectivity index (χ2n) is 8.39. The van der Waals surface area contributed by atoms with Gasteiger partial charge >= 0.3 is 0 Å². The van der Waals surface area contributed by atoms with Crippen molar-refractivity contribution in [3.8, 4) is 34.4 Å². The number of aromatic nitrogens is 4. The number of para-hydroxylation sites is 1. The SMILES string of the molecule is COc1cc(OC)cc(-c2noc(CSc3nc4ccccc4c(=O)n3Cc3ccc4c(c3)OCO4)n2)c1. The molecule has 0 aliphatic carbocycles. The lowest BCUT2D eigenvalue weighted by atomic mass is 10.2. The van der Waals surface area contributed by atoms with Crippen LogP contribution in [0.15, 0.2) is 75.1 Å². The molecule has 38 heavy (non-hydrogen) atoms. The number of rotatable bonds is 8. The van der Waals surface area contributed by atoms with Crippen molar-refractivity contribution in [2.45, 2.75) is 17.5 Å². The van der Waals surface area contributed by atoms with Gasteiger partial charge in [0.15, 0.2) is 16.7 Å². The molecule has 0 bridgehead atoms. The number of benzene rings is 3. The highest BCUT2D eigenvalue weighted by Crippen LogP contribution is 2.33. The predicted molar refractivity (Wildman–Crippen MR) is 140 cm³/mol. The number of fused-ring (bicyclic) bond motifs is 2. The van der Waals surface area contributed by atoms with Crippen LogP contribution in [0, 0.1) is 0 Å². The average molecular weight is 531 g/mol. The standard InChI is InChI=1S/C27H22N4O6S/c1-33-18-10-17(11-19(12-18)34-2)25-29-24(37-30-25)14-38-27-28-21-6-4-3-5-20(21)26(32)31(27)13-16-7-8-22-23(9-16)36-15-35-22/h3-12H,13-15H2,1-2H3. The van der Waals surface area contributed by atoms with Crippen LogP contribution in [0.25, 0.3) is 22.3 Å². The minimum Gasteiger partial charge on any atom is -0.497 e. The van der Waals surface area contributed by atoms with Crippen LogP contribution < -0.4 is 24.5 Å². The fourth-order valence-corrected chi connectivity index (χ4v) is 4.95. The molecule has 0 saturated carbocycles. The third-order valence-corrected chi connectivity index (χ3v) is 6.97. The van der Waals surface area contributed by atoms with Crippen LogP contribution in [0.5, 0.6) is 23.0 Å². The smallest absolute Gasteiger partial charge is 0.262 e. The molecule has 3 aromatic carbocycles. The Morgan fingerprint density at radius 1 is 0.947 bits per heavy atom. The van der Waals surface area contributed by atoms with E-state index in [4.69, 9.17) is 28.5 Å². The summed E-state index contributed by atoms with van der Waals surface area (Å²) in [6, 6.07) is 18.3. The number of thioether (sulfide) groups is 1. The number of ether oxygens (including phenoxy) is 4. The van der Waals surface area contributed by atoms with Gasteiger partial charge in [-0.05, 0) is 42.0 Å². The van der Waals surface area contributed by atoms with Crippen LogP contribution in [-0.4, -0.2) is 40.7 Å². The van der Waals surface area contributed by atoms with E-state index >= 15 is 0 Å². The molecule has 0 fully saturated rings. The van der Waals surface area contributed by atoms with E-state index < -0.39 is 0 Å². The summed E-state index contributed by atoms with van der Waals surface area (Å²) >= 11 is 1.35. The van der Waals surface area contributed by atoms with E-state index in [1.807, 2.05) is 36.4 Å².